The maximum Gasteiger partial charge on any atom is 0.217 e. The molecule has 39 heavy (non-hydrogen) atoms. The third kappa shape index (κ3) is 4.70. The second-order valence-electron chi connectivity index (χ2n) is 8.92. The average molecular weight is 519 g/mol. The van der Waals surface area contributed by atoms with E-state index in [0.29, 0.717) is 85.7 Å². The van der Waals surface area contributed by atoms with Crippen LogP contribution in [-0.4, -0.2) is 82.1 Å². The Morgan fingerprint density at radius 3 is 1.36 bits per heavy atom. The quantitative estimate of drug-likeness (QED) is 0.381. The summed E-state index contributed by atoms with van der Waals surface area (Å²) in [5.74, 6) is 3.17. The third-order valence-electron chi connectivity index (χ3n) is 6.25. The van der Waals surface area contributed by atoms with Crippen molar-refractivity contribution in [2.24, 2.45) is 15.0 Å². The van der Waals surface area contributed by atoms with Crippen molar-refractivity contribution in [1.82, 2.24) is 24.9 Å². The van der Waals surface area contributed by atoms with Crippen LogP contribution in [0.4, 0.5) is 0 Å². The fraction of sp³-hybridized carbons (Fsp3) is 0.214. The van der Waals surface area contributed by atoms with Crippen molar-refractivity contribution in [2.75, 3.05) is 39.5 Å². The Bertz CT molecular complexity index is 1460. The van der Waals surface area contributed by atoms with E-state index in [0.717, 1.165) is 22.3 Å². The molecule has 0 spiro atoms. The van der Waals surface area contributed by atoms with E-state index in [1.54, 1.807) is 24.8 Å². The predicted molar refractivity (Wildman–Crippen MR) is 144 cm³/mol. The van der Waals surface area contributed by atoms with Gasteiger partial charge in [0.05, 0.1) is 30.8 Å². The van der Waals surface area contributed by atoms with Crippen LogP contribution in [0.5, 0.6) is 0 Å². The van der Waals surface area contributed by atoms with Gasteiger partial charge in [0.1, 0.15) is 19.8 Å². The lowest BCUT2D eigenvalue weighted by Gasteiger charge is -2.10. The summed E-state index contributed by atoms with van der Waals surface area (Å²) < 4.78 is 17.0. The SMILES string of the molecule is c1cc(C2=NCCO2)cc(-c2nc(-c3cncc(C4=NCCO4)c3)nc(-c3cncc(C4=NCCO4)c3)n2)c1. The van der Waals surface area contributed by atoms with Gasteiger partial charge in [-0.2, -0.15) is 0 Å². The molecule has 3 aliphatic rings. The second kappa shape index (κ2) is 10.0. The molecule has 0 amide bonds. The molecule has 4 aromatic rings. The summed E-state index contributed by atoms with van der Waals surface area (Å²) in [6.45, 7) is 3.60. The number of pyridine rings is 2. The van der Waals surface area contributed by atoms with Crippen molar-refractivity contribution in [2.45, 2.75) is 0 Å². The molecule has 0 atom stereocenters. The number of hydrogen-bond donors (Lipinski definition) is 0. The van der Waals surface area contributed by atoms with Crippen LogP contribution in [0.15, 0.2) is 76.2 Å². The van der Waals surface area contributed by atoms with Crippen LogP contribution in [0.3, 0.4) is 0 Å². The van der Waals surface area contributed by atoms with E-state index in [4.69, 9.17) is 29.2 Å². The third-order valence-corrected chi connectivity index (χ3v) is 6.25. The Morgan fingerprint density at radius 2 is 0.872 bits per heavy atom. The van der Waals surface area contributed by atoms with Gasteiger partial charge in [0.15, 0.2) is 17.5 Å². The average Bonchev–Trinajstić information content (AvgIpc) is 3.81. The zero-order valence-corrected chi connectivity index (χ0v) is 20.8. The monoisotopic (exact) mass is 518 g/mol. The summed E-state index contributed by atoms with van der Waals surface area (Å²) in [6.07, 6.45) is 6.88. The number of hydrogen-bond acceptors (Lipinski definition) is 11. The van der Waals surface area contributed by atoms with Gasteiger partial charge < -0.3 is 14.2 Å². The minimum Gasteiger partial charge on any atom is -0.476 e. The van der Waals surface area contributed by atoms with Gasteiger partial charge >= 0.3 is 0 Å². The van der Waals surface area contributed by atoms with Crippen LogP contribution in [0, 0.1) is 0 Å². The van der Waals surface area contributed by atoms with Crippen LogP contribution in [0.25, 0.3) is 34.2 Å². The maximum absolute atomic E-state index is 5.67. The molecule has 3 aromatic heterocycles. The Balaban J connectivity index is 1.35. The van der Waals surface area contributed by atoms with E-state index in [1.807, 2.05) is 36.4 Å². The van der Waals surface area contributed by atoms with E-state index in [-0.39, 0.29) is 0 Å². The summed E-state index contributed by atoms with van der Waals surface area (Å²) in [5, 5.41) is 0. The summed E-state index contributed by atoms with van der Waals surface area (Å²) in [7, 11) is 0. The van der Waals surface area contributed by atoms with Gasteiger partial charge in [0.25, 0.3) is 0 Å². The van der Waals surface area contributed by atoms with Crippen molar-refractivity contribution in [3.8, 4) is 34.2 Å². The van der Waals surface area contributed by atoms with Crippen molar-refractivity contribution in [3.63, 3.8) is 0 Å². The zero-order valence-electron chi connectivity index (χ0n) is 20.8. The standard InChI is InChI=1S/C28H22N8O3/c1-2-17(10-18(3-1)26-31-4-7-37-26)23-34-24(19-11-21(15-29-13-19)27-32-5-8-38-27)36-25(35-23)20-12-22(16-30-14-20)28-33-6-9-39-28/h1-3,10-16H,4-9H2. The number of aliphatic imine (C=N–C) groups is 3. The topological polar surface area (TPSA) is 129 Å². The molecule has 0 saturated heterocycles. The van der Waals surface area contributed by atoms with Crippen LogP contribution in [0.2, 0.25) is 0 Å². The lowest BCUT2D eigenvalue weighted by atomic mass is 10.1. The molecule has 0 aliphatic carbocycles. The smallest absolute Gasteiger partial charge is 0.217 e. The molecule has 7 rings (SSSR count). The molecule has 0 N–H and O–H groups in total. The van der Waals surface area contributed by atoms with Gasteiger partial charge in [-0.3, -0.25) is 9.97 Å². The molecular formula is C28H22N8O3. The summed E-state index contributed by atoms with van der Waals surface area (Å²) >= 11 is 0. The first-order chi connectivity index (χ1) is 19.3. The van der Waals surface area contributed by atoms with E-state index in [2.05, 4.69) is 24.9 Å². The molecule has 0 radical (unpaired) electrons. The first kappa shape index (κ1) is 23.1. The Morgan fingerprint density at radius 1 is 0.462 bits per heavy atom. The lowest BCUT2D eigenvalue weighted by Crippen LogP contribution is -2.06. The Kier molecular flexibility index (Phi) is 5.93. The summed E-state index contributed by atoms with van der Waals surface area (Å²) in [4.78, 5) is 36.6. The van der Waals surface area contributed by atoms with Crippen molar-refractivity contribution >= 4 is 17.7 Å². The highest BCUT2D eigenvalue weighted by molar-refractivity contribution is 5.97. The van der Waals surface area contributed by atoms with Crippen molar-refractivity contribution < 1.29 is 14.2 Å². The van der Waals surface area contributed by atoms with Crippen LogP contribution in [-0.2, 0) is 14.2 Å². The summed E-state index contributed by atoms with van der Waals surface area (Å²) in [5.41, 5.74) is 4.63. The van der Waals surface area contributed by atoms with Crippen molar-refractivity contribution in [1.29, 1.82) is 0 Å². The minimum absolute atomic E-state index is 0.461. The molecule has 0 unspecified atom stereocenters. The largest absolute Gasteiger partial charge is 0.476 e. The maximum atomic E-state index is 5.67. The molecular weight excluding hydrogens is 496 g/mol. The molecule has 0 fully saturated rings. The second-order valence-corrected chi connectivity index (χ2v) is 8.92. The van der Waals surface area contributed by atoms with E-state index in [9.17, 15) is 0 Å². The first-order valence-electron chi connectivity index (χ1n) is 12.6. The summed E-state index contributed by atoms with van der Waals surface area (Å²) in [6, 6.07) is 11.7. The molecule has 192 valence electrons. The zero-order chi connectivity index (χ0) is 26.0. The Hall–Kier alpha value is -5.06. The van der Waals surface area contributed by atoms with Gasteiger partial charge in [-0.25, -0.2) is 29.9 Å². The lowest BCUT2D eigenvalue weighted by molar-refractivity contribution is 0.348. The van der Waals surface area contributed by atoms with Crippen LogP contribution < -0.4 is 0 Å². The van der Waals surface area contributed by atoms with Gasteiger partial charge in [-0.15, -0.1) is 0 Å². The highest BCUT2D eigenvalue weighted by atomic mass is 16.5. The van der Waals surface area contributed by atoms with E-state index < -0.39 is 0 Å². The molecule has 11 heteroatoms. The van der Waals surface area contributed by atoms with Crippen LogP contribution in [0.1, 0.15) is 16.7 Å². The molecule has 11 nitrogen and oxygen atoms in total. The first-order valence-corrected chi connectivity index (χ1v) is 12.6. The number of benzene rings is 1. The van der Waals surface area contributed by atoms with Gasteiger partial charge in [0.2, 0.25) is 17.7 Å². The van der Waals surface area contributed by atoms with E-state index in [1.165, 1.54) is 0 Å². The molecule has 1 aromatic carbocycles. The Labute approximate surface area is 223 Å². The highest BCUT2D eigenvalue weighted by Crippen LogP contribution is 2.26. The molecule has 3 aliphatic heterocycles. The number of aromatic nitrogens is 5. The fourth-order valence-electron chi connectivity index (χ4n) is 4.44. The van der Waals surface area contributed by atoms with E-state index >= 15 is 0 Å². The molecule has 6 heterocycles. The number of ether oxygens (including phenoxy) is 3. The normalized spacial score (nSPS) is 16.2. The minimum atomic E-state index is 0.461. The van der Waals surface area contributed by atoms with Gasteiger partial charge in [0, 0.05) is 47.0 Å². The van der Waals surface area contributed by atoms with Gasteiger partial charge in [-0.1, -0.05) is 12.1 Å². The fourth-order valence-corrected chi connectivity index (χ4v) is 4.44. The van der Waals surface area contributed by atoms with Crippen molar-refractivity contribution in [3.05, 3.63) is 77.9 Å². The van der Waals surface area contributed by atoms with Crippen LogP contribution >= 0.6 is 0 Å². The highest BCUT2D eigenvalue weighted by Gasteiger charge is 2.19. The van der Waals surface area contributed by atoms with Gasteiger partial charge in [-0.05, 0) is 24.3 Å². The molecule has 0 bridgehead atoms. The number of rotatable bonds is 6. The predicted octanol–water partition coefficient (Wildman–Crippen LogP) is 2.99. The number of nitrogens with zero attached hydrogens (tertiary/aromatic N) is 8. The molecule has 0 saturated carbocycles.